The number of carbonyl (C=O) groups is 4. The molecular weight excluding hydrogens is 480 g/mol. The molecule has 3 fully saturated rings. The van der Waals surface area contributed by atoms with Gasteiger partial charge in [-0.2, -0.15) is 0 Å². The van der Waals surface area contributed by atoms with Crippen molar-refractivity contribution in [3.05, 3.63) is 48.0 Å². The van der Waals surface area contributed by atoms with Gasteiger partial charge >= 0.3 is 23.9 Å². The van der Waals surface area contributed by atoms with Crippen LogP contribution in [-0.2, 0) is 38.1 Å². The number of benzene rings is 1. The quantitative estimate of drug-likeness (QED) is 0.319. The van der Waals surface area contributed by atoms with Crippen LogP contribution in [0.5, 0.6) is 0 Å². The lowest BCUT2D eigenvalue weighted by atomic mass is 9.50. The van der Waals surface area contributed by atoms with Crippen LogP contribution < -0.4 is 0 Å². The molecule has 200 valence electrons. The minimum absolute atomic E-state index is 0.220. The summed E-state index contributed by atoms with van der Waals surface area (Å²) < 4.78 is 30.4. The Labute approximate surface area is 216 Å². The van der Waals surface area contributed by atoms with Gasteiger partial charge in [-0.1, -0.05) is 24.8 Å². The van der Waals surface area contributed by atoms with Crippen molar-refractivity contribution < 1.29 is 42.9 Å². The van der Waals surface area contributed by atoms with Crippen LogP contribution in [0.3, 0.4) is 0 Å². The van der Waals surface area contributed by atoms with Gasteiger partial charge < -0.3 is 23.7 Å². The first-order valence-electron chi connectivity index (χ1n) is 12.5. The van der Waals surface area contributed by atoms with Gasteiger partial charge in [0.15, 0.2) is 0 Å². The van der Waals surface area contributed by atoms with Gasteiger partial charge in [0.2, 0.25) is 0 Å². The van der Waals surface area contributed by atoms with Crippen LogP contribution in [0.1, 0.15) is 64.2 Å². The van der Waals surface area contributed by atoms with Crippen LogP contribution in [0.25, 0.3) is 0 Å². The first kappa shape index (κ1) is 26.9. The number of carbonyl (C=O) groups excluding carboxylic acids is 4. The number of rotatable bonds is 6. The molecule has 4 rings (SSSR count). The molecule has 9 nitrogen and oxygen atoms in total. The van der Waals surface area contributed by atoms with Gasteiger partial charge in [0.1, 0.15) is 35.9 Å². The molecule has 1 aromatic carbocycles. The maximum Gasteiger partial charge on any atom is 0.338 e. The number of ether oxygens (including phenoxy) is 5. The molecule has 0 radical (unpaired) electrons. The van der Waals surface area contributed by atoms with E-state index in [0.717, 1.165) is 0 Å². The number of hydrogen-bond donors (Lipinski definition) is 0. The van der Waals surface area contributed by atoms with E-state index in [-0.39, 0.29) is 18.9 Å². The molecule has 1 heterocycles. The molecular formula is C28H34O9. The fourth-order valence-electron chi connectivity index (χ4n) is 6.59. The minimum atomic E-state index is -1.44. The van der Waals surface area contributed by atoms with Crippen LogP contribution in [0, 0.1) is 11.3 Å². The Bertz CT molecular complexity index is 1110. The molecule has 6 atom stereocenters. The van der Waals surface area contributed by atoms with Crippen molar-refractivity contribution in [2.75, 3.05) is 6.61 Å². The highest BCUT2D eigenvalue weighted by atomic mass is 16.6. The Morgan fingerprint density at radius 3 is 2.19 bits per heavy atom. The Morgan fingerprint density at radius 1 is 0.946 bits per heavy atom. The molecule has 2 saturated carbocycles. The van der Waals surface area contributed by atoms with Gasteiger partial charge in [-0.15, -0.1) is 0 Å². The van der Waals surface area contributed by atoms with E-state index >= 15 is 0 Å². The van der Waals surface area contributed by atoms with Crippen molar-refractivity contribution >= 4 is 23.9 Å². The van der Waals surface area contributed by atoms with Crippen LogP contribution >= 0.6 is 0 Å². The first-order chi connectivity index (χ1) is 17.3. The topological polar surface area (TPSA) is 114 Å². The smallest absolute Gasteiger partial charge is 0.338 e. The highest BCUT2D eigenvalue weighted by molar-refractivity contribution is 5.89. The molecule has 3 aliphatic rings. The average Bonchev–Trinajstić information content (AvgIpc) is 2.97. The lowest BCUT2D eigenvalue weighted by molar-refractivity contribution is -0.266. The predicted molar refractivity (Wildman–Crippen MR) is 130 cm³/mol. The van der Waals surface area contributed by atoms with E-state index in [1.807, 2.05) is 13.8 Å². The zero-order valence-corrected chi connectivity index (χ0v) is 21.9. The molecule has 1 aromatic rings. The summed E-state index contributed by atoms with van der Waals surface area (Å²) in [5, 5.41) is 0. The molecule has 1 saturated heterocycles. The number of hydrogen-bond acceptors (Lipinski definition) is 9. The van der Waals surface area contributed by atoms with Crippen molar-refractivity contribution in [2.24, 2.45) is 11.3 Å². The van der Waals surface area contributed by atoms with Crippen LogP contribution in [-0.4, -0.2) is 60.0 Å². The molecule has 9 heteroatoms. The summed E-state index contributed by atoms with van der Waals surface area (Å²) in [5.41, 5.74) is -2.76. The van der Waals surface area contributed by atoms with Crippen molar-refractivity contribution in [1.29, 1.82) is 0 Å². The van der Waals surface area contributed by atoms with Gasteiger partial charge in [0, 0.05) is 26.7 Å². The standard InChI is InChI=1S/C28H34O9/c1-16-12-13-22(34-18(3)30)27(15-33-17(2)29)23(36-25(32)20-10-8-7-9-11-20)14-21-24(35-19(4)31)28(16,27)37-26(21,5)6/h7-11,21-24H,1,12-15H2,2-6H3/t21-,22+,23+,24-,27+,28-/m1/s1. The maximum absolute atomic E-state index is 13.3. The van der Waals surface area contributed by atoms with E-state index < -0.39 is 58.8 Å². The van der Waals surface area contributed by atoms with E-state index in [0.29, 0.717) is 24.0 Å². The van der Waals surface area contributed by atoms with E-state index in [4.69, 9.17) is 23.7 Å². The maximum atomic E-state index is 13.3. The third-order valence-corrected chi connectivity index (χ3v) is 8.00. The lowest BCUT2D eigenvalue weighted by Gasteiger charge is -2.60. The first-order valence-corrected chi connectivity index (χ1v) is 12.5. The second-order valence-electron chi connectivity index (χ2n) is 10.6. The molecule has 1 aliphatic heterocycles. The molecule has 0 amide bonds. The van der Waals surface area contributed by atoms with E-state index in [1.165, 1.54) is 20.8 Å². The van der Waals surface area contributed by atoms with Crippen molar-refractivity contribution in [3.63, 3.8) is 0 Å². The van der Waals surface area contributed by atoms with Crippen LogP contribution in [0.4, 0.5) is 0 Å². The normalized spacial score (nSPS) is 33.6. The van der Waals surface area contributed by atoms with Gasteiger partial charge in [-0.25, -0.2) is 4.79 Å². The zero-order chi connectivity index (χ0) is 27.2. The predicted octanol–water partition coefficient (Wildman–Crippen LogP) is 3.54. The summed E-state index contributed by atoms with van der Waals surface area (Å²) in [4.78, 5) is 50.1. The van der Waals surface area contributed by atoms with E-state index in [1.54, 1.807) is 30.3 Å². The van der Waals surface area contributed by atoms with Gasteiger partial charge in [-0.3, -0.25) is 14.4 Å². The second kappa shape index (κ2) is 9.59. The number of esters is 4. The summed E-state index contributed by atoms with van der Waals surface area (Å²) in [6, 6.07) is 8.52. The van der Waals surface area contributed by atoms with E-state index in [9.17, 15) is 19.2 Å². The molecule has 1 spiro atoms. The fourth-order valence-corrected chi connectivity index (χ4v) is 6.59. The number of fused-ring (bicyclic) bond motifs is 1. The summed E-state index contributed by atoms with van der Waals surface area (Å²) in [5.74, 6) is -2.60. The summed E-state index contributed by atoms with van der Waals surface area (Å²) in [6.45, 7) is 11.6. The SMILES string of the molecule is C=C1CC[C@H](OC(C)=O)[C@@]2(COC(C)=O)[C@@H](OC(=O)c3ccccc3)C[C@@H]3[C@@H](OC(C)=O)[C@]12OC3(C)C. The minimum Gasteiger partial charge on any atom is -0.465 e. The summed E-state index contributed by atoms with van der Waals surface area (Å²) in [6.07, 6.45) is -1.66. The van der Waals surface area contributed by atoms with Gasteiger partial charge in [0.25, 0.3) is 0 Å². The third kappa shape index (κ3) is 4.33. The Hall–Kier alpha value is -3.20. The lowest BCUT2D eigenvalue weighted by Crippen LogP contribution is -2.74. The second-order valence-corrected chi connectivity index (χ2v) is 10.6. The van der Waals surface area contributed by atoms with E-state index in [2.05, 4.69) is 6.58 Å². The highest BCUT2D eigenvalue weighted by Gasteiger charge is 2.80. The zero-order valence-electron chi connectivity index (χ0n) is 21.9. The average molecular weight is 515 g/mol. The van der Waals surface area contributed by atoms with Crippen LogP contribution in [0.2, 0.25) is 0 Å². The Balaban J connectivity index is 1.94. The molecule has 0 unspecified atom stereocenters. The molecule has 2 aliphatic carbocycles. The molecule has 37 heavy (non-hydrogen) atoms. The Kier molecular flexibility index (Phi) is 6.96. The van der Waals surface area contributed by atoms with Gasteiger partial charge in [0.05, 0.1) is 11.2 Å². The monoisotopic (exact) mass is 514 g/mol. The van der Waals surface area contributed by atoms with Crippen LogP contribution in [0.15, 0.2) is 42.5 Å². The highest BCUT2D eigenvalue weighted by Crippen LogP contribution is 2.67. The van der Waals surface area contributed by atoms with Crippen molar-refractivity contribution in [1.82, 2.24) is 0 Å². The Morgan fingerprint density at radius 2 is 1.59 bits per heavy atom. The molecule has 0 N–H and O–H groups in total. The molecule has 2 bridgehead atoms. The van der Waals surface area contributed by atoms with Gasteiger partial charge in [-0.05, 0) is 50.8 Å². The largest absolute Gasteiger partial charge is 0.465 e. The summed E-state index contributed by atoms with van der Waals surface area (Å²) >= 11 is 0. The molecule has 0 aromatic heterocycles. The van der Waals surface area contributed by atoms with Crippen molar-refractivity contribution in [3.8, 4) is 0 Å². The van der Waals surface area contributed by atoms with Crippen molar-refractivity contribution in [2.45, 2.75) is 83.4 Å². The summed E-state index contributed by atoms with van der Waals surface area (Å²) in [7, 11) is 0. The fraction of sp³-hybridized carbons (Fsp3) is 0.571. The third-order valence-electron chi connectivity index (χ3n) is 8.00.